The highest BCUT2D eigenvalue weighted by atomic mass is 16.5. The van der Waals surface area contributed by atoms with Crippen LogP contribution < -0.4 is 5.32 Å². The summed E-state index contributed by atoms with van der Waals surface area (Å²) in [5.74, 6) is 2.52. The van der Waals surface area contributed by atoms with E-state index in [2.05, 4.69) is 18.2 Å². The van der Waals surface area contributed by atoms with Gasteiger partial charge in [-0.25, -0.2) is 0 Å². The van der Waals surface area contributed by atoms with Crippen molar-refractivity contribution in [2.45, 2.75) is 64.0 Å². The lowest BCUT2D eigenvalue weighted by Crippen LogP contribution is -2.47. The molecular formula is C16H27NO3. The minimum absolute atomic E-state index is 0.0202. The van der Waals surface area contributed by atoms with Gasteiger partial charge in [0, 0.05) is 6.54 Å². The number of aliphatic hydroxyl groups is 1. The third kappa shape index (κ3) is 5.15. The predicted octanol–water partition coefficient (Wildman–Crippen LogP) is 1.86. The molecule has 0 aromatic rings. The van der Waals surface area contributed by atoms with Crippen LogP contribution in [0.15, 0.2) is 0 Å². The Labute approximate surface area is 122 Å². The number of hydrogen-bond donors (Lipinski definition) is 2. The van der Waals surface area contributed by atoms with Crippen molar-refractivity contribution in [1.82, 2.24) is 5.32 Å². The van der Waals surface area contributed by atoms with Crippen molar-refractivity contribution in [3.63, 3.8) is 0 Å². The standard InChI is InChI=1S/C16H27NO3/c1-4-7-14(5-2)17-12-16(19)10-8-13(9-11-16)15(18)20-6-3/h2,13-14,17,19H,4,6-12H2,1,3H3. The van der Waals surface area contributed by atoms with E-state index in [9.17, 15) is 9.90 Å². The van der Waals surface area contributed by atoms with Gasteiger partial charge in [0.15, 0.2) is 0 Å². The first-order valence-electron chi connectivity index (χ1n) is 7.63. The summed E-state index contributed by atoms with van der Waals surface area (Å²) in [6, 6.07) is 0.0202. The van der Waals surface area contributed by atoms with Crippen molar-refractivity contribution in [2.75, 3.05) is 13.2 Å². The maximum atomic E-state index is 11.7. The van der Waals surface area contributed by atoms with Crippen LogP contribution in [0.25, 0.3) is 0 Å². The molecule has 4 heteroatoms. The quantitative estimate of drug-likeness (QED) is 0.552. The first-order valence-corrected chi connectivity index (χ1v) is 7.63. The third-order valence-corrected chi connectivity index (χ3v) is 3.99. The number of carbonyl (C=O) groups is 1. The van der Waals surface area contributed by atoms with E-state index in [0.717, 1.165) is 12.8 Å². The summed E-state index contributed by atoms with van der Waals surface area (Å²) in [4.78, 5) is 11.7. The topological polar surface area (TPSA) is 58.6 Å². The first-order chi connectivity index (χ1) is 9.54. The Bertz CT molecular complexity index is 340. The van der Waals surface area contributed by atoms with Crippen LogP contribution in [0.5, 0.6) is 0 Å². The molecule has 114 valence electrons. The maximum Gasteiger partial charge on any atom is 0.308 e. The van der Waals surface area contributed by atoms with Crippen molar-refractivity contribution in [1.29, 1.82) is 0 Å². The Morgan fingerprint density at radius 2 is 2.15 bits per heavy atom. The van der Waals surface area contributed by atoms with Crippen molar-refractivity contribution in [3.8, 4) is 12.3 Å². The molecule has 1 rings (SSSR count). The highest BCUT2D eigenvalue weighted by Gasteiger charge is 2.36. The lowest BCUT2D eigenvalue weighted by molar-refractivity contribution is -0.151. The number of terminal acetylenes is 1. The highest BCUT2D eigenvalue weighted by Crippen LogP contribution is 2.32. The predicted molar refractivity (Wildman–Crippen MR) is 79.1 cm³/mol. The Kier molecular flexibility index (Phi) is 7.04. The van der Waals surface area contributed by atoms with E-state index in [1.807, 2.05) is 6.92 Å². The molecule has 20 heavy (non-hydrogen) atoms. The molecule has 0 aromatic heterocycles. The Balaban J connectivity index is 2.38. The van der Waals surface area contributed by atoms with Crippen LogP contribution in [-0.2, 0) is 9.53 Å². The molecule has 1 aliphatic carbocycles. The molecule has 1 unspecified atom stereocenters. The smallest absolute Gasteiger partial charge is 0.308 e. The molecule has 0 aliphatic heterocycles. The minimum Gasteiger partial charge on any atom is -0.466 e. The fraction of sp³-hybridized carbons (Fsp3) is 0.812. The number of hydrogen-bond acceptors (Lipinski definition) is 4. The molecule has 2 N–H and O–H groups in total. The summed E-state index contributed by atoms with van der Waals surface area (Å²) < 4.78 is 5.03. The molecule has 0 radical (unpaired) electrons. The molecular weight excluding hydrogens is 254 g/mol. The van der Waals surface area contributed by atoms with Crippen molar-refractivity contribution in [2.24, 2.45) is 5.92 Å². The van der Waals surface area contributed by atoms with Gasteiger partial charge in [0.25, 0.3) is 0 Å². The zero-order valence-corrected chi connectivity index (χ0v) is 12.7. The van der Waals surface area contributed by atoms with E-state index in [0.29, 0.717) is 38.8 Å². The summed E-state index contributed by atoms with van der Waals surface area (Å²) in [6.07, 6.45) is 10.00. The number of nitrogens with one attached hydrogen (secondary N) is 1. The second kappa shape index (κ2) is 8.28. The average Bonchev–Trinajstić information content (AvgIpc) is 2.44. The van der Waals surface area contributed by atoms with Crippen molar-refractivity contribution >= 4 is 5.97 Å². The van der Waals surface area contributed by atoms with Crippen LogP contribution in [-0.4, -0.2) is 35.9 Å². The van der Waals surface area contributed by atoms with Crippen LogP contribution in [0.4, 0.5) is 0 Å². The van der Waals surface area contributed by atoms with Crippen molar-refractivity contribution in [3.05, 3.63) is 0 Å². The van der Waals surface area contributed by atoms with Gasteiger partial charge in [-0.1, -0.05) is 19.3 Å². The van der Waals surface area contributed by atoms with E-state index >= 15 is 0 Å². The van der Waals surface area contributed by atoms with Crippen molar-refractivity contribution < 1.29 is 14.6 Å². The number of carbonyl (C=O) groups excluding carboxylic acids is 1. The molecule has 0 bridgehead atoms. The van der Waals surface area contributed by atoms with Crippen LogP contribution in [0, 0.1) is 18.3 Å². The van der Waals surface area contributed by atoms with Gasteiger partial charge in [0.05, 0.1) is 24.2 Å². The monoisotopic (exact) mass is 281 g/mol. The van der Waals surface area contributed by atoms with Crippen LogP contribution in [0.3, 0.4) is 0 Å². The van der Waals surface area contributed by atoms with Gasteiger partial charge >= 0.3 is 5.97 Å². The fourth-order valence-corrected chi connectivity index (χ4v) is 2.67. The lowest BCUT2D eigenvalue weighted by atomic mass is 9.78. The largest absolute Gasteiger partial charge is 0.466 e. The normalized spacial score (nSPS) is 27.6. The van der Waals surface area contributed by atoms with Gasteiger partial charge in [0.2, 0.25) is 0 Å². The minimum atomic E-state index is -0.744. The van der Waals surface area contributed by atoms with Crippen LogP contribution in [0.1, 0.15) is 52.4 Å². The zero-order chi connectivity index (χ0) is 15.0. The maximum absolute atomic E-state index is 11.7. The Hall–Kier alpha value is -1.05. The Morgan fingerprint density at radius 1 is 1.50 bits per heavy atom. The SMILES string of the molecule is C#CC(CCC)NCC1(O)CCC(C(=O)OCC)CC1. The fourth-order valence-electron chi connectivity index (χ4n) is 2.67. The summed E-state index contributed by atoms with van der Waals surface area (Å²) in [6.45, 7) is 4.82. The average molecular weight is 281 g/mol. The van der Waals surface area contributed by atoms with Gasteiger partial charge < -0.3 is 15.2 Å². The molecule has 0 saturated heterocycles. The van der Waals surface area contributed by atoms with E-state index in [-0.39, 0.29) is 17.9 Å². The zero-order valence-electron chi connectivity index (χ0n) is 12.7. The summed E-state index contributed by atoms with van der Waals surface area (Å²) in [5, 5.41) is 13.8. The van der Waals surface area contributed by atoms with Gasteiger partial charge in [0.1, 0.15) is 0 Å². The van der Waals surface area contributed by atoms with Gasteiger partial charge in [-0.05, 0) is 39.0 Å². The molecule has 1 aliphatic rings. The number of rotatable bonds is 7. The van der Waals surface area contributed by atoms with Crippen LogP contribution in [0.2, 0.25) is 0 Å². The molecule has 0 spiro atoms. The molecule has 1 saturated carbocycles. The molecule has 1 fully saturated rings. The lowest BCUT2D eigenvalue weighted by Gasteiger charge is -2.36. The highest BCUT2D eigenvalue weighted by molar-refractivity contribution is 5.72. The van der Waals surface area contributed by atoms with E-state index < -0.39 is 5.60 Å². The van der Waals surface area contributed by atoms with E-state index in [1.54, 1.807) is 0 Å². The second-order valence-corrected chi connectivity index (χ2v) is 5.64. The second-order valence-electron chi connectivity index (χ2n) is 5.64. The Morgan fingerprint density at radius 3 is 2.65 bits per heavy atom. The molecule has 0 aromatic carbocycles. The van der Waals surface area contributed by atoms with Gasteiger partial charge in [-0.3, -0.25) is 4.79 Å². The van der Waals surface area contributed by atoms with Gasteiger partial charge in [-0.15, -0.1) is 6.42 Å². The summed E-state index contributed by atoms with van der Waals surface area (Å²) in [7, 11) is 0. The van der Waals surface area contributed by atoms with Gasteiger partial charge in [-0.2, -0.15) is 0 Å². The molecule has 4 nitrogen and oxygen atoms in total. The molecule has 1 atom stereocenters. The summed E-state index contributed by atoms with van der Waals surface area (Å²) >= 11 is 0. The first kappa shape index (κ1) is 17.0. The van der Waals surface area contributed by atoms with Crippen LogP contribution >= 0.6 is 0 Å². The summed E-state index contributed by atoms with van der Waals surface area (Å²) in [5.41, 5.74) is -0.744. The third-order valence-electron chi connectivity index (χ3n) is 3.99. The molecule has 0 amide bonds. The molecule has 0 heterocycles. The van der Waals surface area contributed by atoms with E-state index in [4.69, 9.17) is 11.2 Å². The van der Waals surface area contributed by atoms with E-state index in [1.165, 1.54) is 0 Å². The number of ether oxygens (including phenoxy) is 1. The number of esters is 1.